The molecule has 1 amide bonds. The van der Waals surface area contributed by atoms with Crippen LogP contribution in [0.1, 0.15) is 30.9 Å². The Hall–Kier alpha value is -2.59. The number of hydrogen-bond acceptors (Lipinski definition) is 2. The van der Waals surface area contributed by atoms with Crippen LogP contribution in [0.25, 0.3) is 10.9 Å². The van der Waals surface area contributed by atoms with Crippen LogP contribution < -0.4 is 5.32 Å². The maximum atomic E-state index is 12.8. The summed E-state index contributed by atoms with van der Waals surface area (Å²) in [4.78, 5) is 18.1. The van der Waals surface area contributed by atoms with Crippen LogP contribution in [-0.2, 0) is 17.8 Å². The molecule has 0 saturated carbocycles. The minimum absolute atomic E-state index is 0.162. The summed E-state index contributed by atoms with van der Waals surface area (Å²) < 4.78 is 0. The van der Waals surface area contributed by atoms with Gasteiger partial charge in [0.25, 0.3) is 0 Å². The van der Waals surface area contributed by atoms with Gasteiger partial charge in [0, 0.05) is 30.2 Å². The predicted octanol–water partition coefficient (Wildman–Crippen LogP) is 4.13. The van der Waals surface area contributed by atoms with Gasteiger partial charge in [-0.1, -0.05) is 61.9 Å². The SMILES string of the molecule is CCCCNCC(=O)N(CCc1c[nH]c2ccccc12)Cc1ccccc1. The molecule has 1 heterocycles. The first kappa shape index (κ1) is 19.2. The predicted molar refractivity (Wildman–Crippen MR) is 112 cm³/mol. The van der Waals surface area contributed by atoms with Crippen LogP contribution in [0.5, 0.6) is 0 Å². The summed E-state index contributed by atoms with van der Waals surface area (Å²) in [5, 5.41) is 4.52. The van der Waals surface area contributed by atoms with Gasteiger partial charge in [-0.05, 0) is 36.6 Å². The molecule has 4 nitrogen and oxygen atoms in total. The van der Waals surface area contributed by atoms with E-state index in [-0.39, 0.29) is 5.91 Å². The lowest BCUT2D eigenvalue weighted by Crippen LogP contribution is -2.39. The Bertz CT molecular complexity index is 841. The van der Waals surface area contributed by atoms with Gasteiger partial charge in [-0.25, -0.2) is 0 Å². The number of H-pyrrole nitrogens is 1. The zero-order valence-corrected chi connectivity index (χ0v) is 16.1. The fourth-order valence-corrected chi connectivity index (χ4v) is 3.30. The molecule has 0 spiro atoms. The fourth-order valence-electron chi connectivity index (χ4n) is 3.30. The second-order valence-electron chi connectivity index (χ2n) is 6.94. The van der Waals surface area contributed by atoms with E-state index in [2.05, 4.69) is 53.8 Å². The van der Waals surface area contributed by atoms with Crippen LogP contribution in [0, 0.1) is 0 Å². The Morgan fingerprint density at radius 3 is 2.67 bits per heavy atom. The lowest BCUT2D eigenvalue weighted by atomic mass is 10.1. The summed E-state index contributed by atoms with van der Waals surface area (Å²) in [6.07, 6.45) is 5.14. The van der Waals surface area contributed by atoms with Gasteiger partial charge < -0.3 is 15.2 Å². The van der Waals surface area contributed by atoms with E-state index < -0.39 is 0 Å². The lowest BCUT2D eigenvalue weighted by Gasteiger charge is -2.23. The maximum Gasteiger partial charge on any atom is 0.236 e. The number of unbranched alkanes of at least 4 members (excludes halogenated alkanes) is 1. The molecule has 2 N–H and O–H groups in total. The van der Waals surface area contributed by atoms with Crippen molar-refractivity contribution in [3.8, 4) is 0 Å². The molecule has 0 unspecified atom stereocenters. The number of fused-ring (bicyclic) bond motifs is 1. The molecule has 0 aliphatic heterocycles. The summed E-state index contributed by atoms with van der Waals surface area (Å²) >= 11 is 0. The van der Waals surface area contributed by atoms with Crippen LogP contribution in [0.3, 0.4) is 0 Å². The highest BCUT2D eigenvalue weighted by molar-refractivity contribution is 5.83. The minimum Gasteiger partial charge on any atom is -0.361 e. The Morgan fingerprint density at radius 1 is 1.07 bits per heavy atom. The number of rotatable bonds is 10. The molecule has 142 valence electrons. The highest BCUT2D eigenvalue weighted by atomic mass is 16.2. The number of para-hydroxylation sites is 1. The molecular weight excluding hydrogens is 334 g/mol. The molecule has 0 atom stereocenters. The Labute approximate surface area is 161 Å². The van der Waals surface area contributed by atoms with Gasteiger partial charge in [0.15, 0.2) is 0 Å². The third-order valence-electron chi connectivity index (χ3n) is 4.88. The van der Waals surface area contributed by atoms with Gasteiger partial charge in [-0.2, -0.15) is 0 Å². The minimum atomic E-state index is 0.162. The molecule has 0 aliphatic carbocycles. The molecule has 0 aliphatic rings. The second-order valence-corrected chi connectivity index (χ2v) is 6.94. The number of carbonyl (C=O) groups excluding carboxylic acids is 1. The van der Waals surface area contributed by atoms with E-state index in [0.717, 1.165) is 31.3 Å². The smallest absolute Gasteiger partial charge is 0.236 e. The monoisotopic (exact) mass is 363 g/mol. The first-order valence-electron chi connectivity index (χ1n) is 9.85. The average molecular weight is 364 g/mol. The number of nitrogens with zero attached hydrogens (tertiary/aromatic N) is 1. The van der Waals surface area contributed by atoms with E-state index in [0.29, 0.717) is 19.6 Å². The van der Waals surface area contributed by atoms with Crippen molar-refractivity contribution in [3.63, 3.8) is 0 Å². The molecule has 3 aromatic rings. The van der Waals surface area contributed by atoms with Crippen molar-refractivity contribution in [2.24, 2.45) is 0 Å². The molecule has 0 radical (unpaired) electrons. The summed E-state index contributed by atoms with van der Waals surface area (Å²) in [6, 6.07) is 18.5. The molecule has 3 rings (SSSR count). The van der Waals surface area contributed by atoms with Crippen LogP contribution in [0.4, 0.5) is 0 Å². The van der Waals surface area contributed by atoms with Gasteiger partial charge >= 0.3 is 0 Å². The standard InChI is InChI=1S/C23H29N3O/c1-2-3-14-24-17-23(27)26(18-19-9-5-4-6-10-19)15-13-20-16-25-22-12-8-7-11-21(20)22/h4-12,16,24-25H,2-3,13-15,17-18H2,1H3. The Balaban J connectivity index is 1.66. The third kappa shape index (κ3) is 5.44. The number of nitrogens with one attached hydrogen (secondary N) is 2. The van der Waals surface area contributed by atoms with Crippen LogP contribution in [-0.4, -0.2) is 35.4 Å². The summed E-state index contributed by atoms with van der Waals surface area (Å²) in [5.41, 5.74) is 3.57. The van der Waals surface area contributed by atoms with Gasteiger partial charge in [-0.15, -0.1) is 0 Å². The van der Waals surface area contributed by atoms with Crippen molar-refractivity contribution in [3.05, 3.63) is 71.9 Å². The van der Waals surface area contributed by atoms with Gasteiger partial charge in [0.05, 0.1) is 6.54 Å². The first-order valence-corrected chi connectivity index (χ1v) is 9.85. The molecule has 1 aromatic heterocycles. The molecule has 27 heavy (non-hydrogen) atoms. The highest BCUT2D eigenvalue weighted by Crippen LogP contribution is 2.18. The molecule has 0 fully saturated rings. The maximum absolute atomic E-state index is 12.8. The summed E-state index contributed by atoms with van der Waals surface area (Å²) in [7, 11) is 0. The van der Waals surface area contributed by atoms with Crippen molar-refractivity contribution in [1.82, 2.24) is 15.2 Å². The van der Waals surface area contributed by atoms with Gasteiger partial charge in [0.2, 0.25) is 5.91 Å². The third-order valence-corrected chi connectivity index (χ3v) is 4.88. The van der Waals surface area contributed by atoms with Crippen molar-refractivity contribution < 1.29 is 4.79 Å². The number of aromatic amines is 1. The fraction of sp³-hybridized carbons (Fsp3) is 0.348. The Kier molecular flexibility index (Phi) is 7.05. The lowest BCUT2D eigenvalue weighted by molar-refractivity contribution is -0.130. The summed E-state index contributed by atoms with van der Waals surface area (Å²) in [6.45, 7) is 4.82. The van der Waals surface area contributed by atoms with Crippen LogP contribution in [0.2, 0.25) is 0 Å². The van der Waals surface area contributed by atoms with E-state index in [4.69, 9.17) is 0 Å². The number of benzene rings is 2. The second kappa shape index (κ2) is 9.93. The average Bonchev–Trinajstić information content (AvgIpc) is 3.12. The number of carbonyl (C=O) groups is 1. The number of amides is 1. The quantitative estimate of drug-likeness (QED) is 0.532. The van der Waals surface area contributed by atoms with Crippen molar-refractivity contribution in [2.75, 3.05) is 19.6 Å². The zero-order chi connectivity index (χ0) is 18.9. The molecular formula is C23H29N3O. The largest absolute Gasteiger partial charge is 0.361 e. The van der Waals surface area contributed by atoms with Crippen LogP contribution in [0.15, 0.2) is 60.8 Å². The van der Waals surface area contributed by atoms with E-state index in [1.807, 2.05) is 29.2 Å². The van der Waals surface area contributed by atoms with E-state index >= 15 is 0 Å². The topological polar surface area (TPSA) is 48.1 Å². The summed E-state index contributed by atoms with van der Waals surface area (Å²) in [5.74, 6) is 0.162. The van der Waals surface area contributed by atoms with E-state index in [9.17, 15) is 4.79 Å². The molecule has 4 heteroatoms. The molecule has 2 aromatic carbocycles. The molecule has 0 saturated heterocycles. The van der Waals surface area contributed by atoms with Gasteiger partial charge in [0.1, 0.15) is 0 Å². The first-order chi connectivity index (χ1) is 13.3. The van der Waals surface area contributed by atoms with Crippen molar-refractivity contribution >= 4 is 16.8 Å². The number of aromatic nitrogens is 1. The van der Waals surface area contributed by atoms with E-state index in [1.165, 1.54) is 16.5 Å². The van der Waals surface area contributed by atoms with Crippen molar-refractivity contribution in [2.45, 2.75) is 32.7 Å². The number of hydrogen-bond donors (Lipinski definition) is 2. The van der Waals surface area contributed by atoms with Crippen LogP contribution >= 0.6 is 0 Å². The van der Waals surface area contributed by atoms with E-state index in [1.54, 1.807) is 0 Å². The molecule has 0 bridgehead atoms. The zero-order valence-electron chi connectivity index (χ0n) is 16.1. The van der Waals surface area contributed by atoms with Gasteiger partial charge in [-0.3, -0.25) is 4.79 Å². The van der Waals surface area contributed by atoms with Crippen molar-refractivity contribution in [1.29, 1.82) is 0 Å². The normalized spacial score (nSPS) is 11.0. The Morgan fingerprint density at radius 2 is 1.85 bits per heavy atom. The highest BCUT2D eigenvalue weighted by Gasteiger charge is 2.14.